The van der Waals surface area contributed by atoms with Crippen molar-refractivity contribution in [1.29, 1.82) is 0 Å². The van der Waals surface area contributed by atoms with Crippen molar-refractivity contribution in [3.63, 3.8) is 0 Å². The summed E-state index contributed by atoms with van der Waals surface area (Å²) >= 11 is 0. The predicted molar refractivity (Wildman–Crippen MR) is 97.9 cm³/mol. The fourth-order valence-corrected chi connectivity index (χ4v) is 5.10. The van der Waals surface area contributed by atoms with Gasteiger partial charge in [0.05, 0.1) is 0 Å². The lowest BCUT2D eigenvalue weighted by molar-refractivity contribution is -0.122. The first-order valence-electron chi connectivity index (χ1n) is 9.00. The molecule has 2 aromatic rings. The summed E-state index contributed by atoms with van der Waals surface area (Å²) in [5.41, 5.74) is 2.79. The number of carbonyl (C=O) groups is 1. The van der Waals surface area contributed by atoms with Gasteiger partial charge in [0, 0.05) is 11.8 Å². The van der Waals surface area contributed by atoms with Crippen LogP contribution in [0.4, 0.5) is 0 Å². The molecule has 4 rings (SSSR count). The Hall–Kier alpha value is -1.89. The highest BCUT2D eigenvalue weighted by atomic mass is 16.1. The number of hydrogen-bond acceptors (Lipinski definition) is 1. The van der Waals surface area contributed by atoms with Crippen molar-refractivity contribution in [3.8, 4) is 0 Å². The molecule has 0 heterocycles. The Bertz CT molecular complexity index is 692. The lowest BCUT2D eigenvalue weighted by Gasteiger charge is -2.03. The second kappa shape index (κ2) is 5.05. The Labute approximate surface area is 145 Å². The minimum absolute atomic E-state index is 0.0817. The summed E-state index contributed by atoms with van der Waals surface area (Å²) in [5.74, 6) is 1.56. The molecule has 2 saturated carbocycles. The zero-order chi connectivity index (χ0) is 17.1. The molecule has 2 aliphatic rings. The molecule has 124 valence electrons. The van der Waals surface area contributed by atoms with Crippen LogP contribution in [0.15, 0.2) is 60.7 Å². The molecule has 0 amide bonds. The minimum Gasteiger partial charge on any atom is -0.299 e. The smallest absolute Gasteiger partial charge is 0.141 e. The lowest BCUT2D eigenvalue weighted by atomic mass is 10.00. The SMILES string of the molecule is CC1(C)C(C(=O)[C@@H]2[C@@H](c3ccccc3)C2(C)C)[C@@H]1c1ccccc1. The number of carbonyl (C=O) groups excluding carboxylic acids is 1. The molecule has 2 aliphatic carbocycles. The molecule has 2 aromatic carbocycles. The molecule has 0 saturated heterocycles. The standard InChI is InChI=1S/C23H26O/c1-22(2)17(15-11-7-5-8-12-15)19(22)21(24)20-18(23(20,3)4)16-13-9-6-10-14-16/h5-14,17-20H,1-4H3/t17-,18+,19+,20?/m1/s1. The van der Waals surface area contributed by atoms with E-state index >= 15 is 0 Å². The van der Waals surface area contributed by atoms with Crippen LogP contribution in [0.2, 0.25) is 0 Å². The van der Waals surface area contributed by atoms with Crippen molar-refractivity contribution in [2.24, 2.45) is 22.7 Å². The van der Waals surface area contributed by atoms with E-state index in [4.69, 9.17) is 0 Å². The molecule has 1 heteroatoms. The van der Waals surface area contributed by atoms with E-state index in [2.05, 4.69) is 76.2 Å². The predicted octanol–water partition coefficient (Wildman–Crippen LogP) is 5.44. The maximum absolute atomic E-state index is 13.4. The largest absolute Gasteiger partial charge is 0.299 e. The first-order chi connectivity index (χ1) is 11.4. The topological polar surface area (TPSA) is 17.1 Å². The quantitative estimate of drug-likeness (QED) is 0.734. The van der Waals surface area contributed by atoms with Gasteiger partial charge >= 0.3 is 0 Å². The van der Waals surface area contributed by atoms with Gasteiger partial charge in [-0.05, 0) is 33.8 Å². The van der Waals surface area contributed by atoms with Crippen molar-refractivity contribution in [1.82, 2.24) is 0 Å². The van der Waals surface area contributed by atoms with Gasteiger partial charge in [-0.15, -0.1) is 0 Å². The van der Waals surface area contributed by atoms with Gasteiger partial charge in [0.15, 0.2) is 0 Å². The summed E-state index contributed by atoms with van der Waals surface area (Å²) in [4.78, 5) is 13.4. The zero-order valence-corrected chi connectivity index (χ0v) is 15.0. The van der Waals surface area contributed by atoms with Gasteiger partial charge in [0.1, 0.15) is 5.78 Å². The third-order valence-corrected chi connectivity index (χ3v) is 6.59. The molecule has 0 aromatic heterocycles. The molecule has 0 bridgehead atoms. The Kier molecular flexibility index (Phi) is 3.29. The van der Waals surface area contributed by atoms with Crippen LogP contribution >= 0.6 is 0 Å². The fourth-order valence-electron chi connectivity index (χ4n) is 5.10. The van der Waals surface area contributed by atoms with Crippen LogP contribution < -0.4 is 0 Å². The third-order valence-electron chi connectivity index (χ3n) is 6.59. The Balaban J connectivity index is 1.59. The van der Waals surface area contributed by atoms with E-state index in [-0.39, 0.29) is 22.7 Å². The number of Topliss-reactive ketones (excluding diaryl/α,β-unsaturated/α-hetero) is 1. The van der Waals surface area contributed by atoms with E-state index in [1.165, 1.54) is 11.1 Å². The average molecular weight is 318 g/mol. The Morgan fingerprint density at radius 3 is 1.33 bits per heavy atom. The molecular weight excluding hydrogens is 292 g/mol. The summed E-state index contributed by atoms with van der Waals surface area (Å²) in [5, 5.41) is 0. The molecule has 2 fully saturated rings. The van der Waals surface area contributed by atoms with E-state index in [0.29, 0.717) is 17.6 Å². The van der Waals surface area contributed by atoms with Gasteiger partial charge < -0.3 is 0 Å². The molecule has 4 atom stereocenters. The Morgan fingerprint density at radius 2 is 1.00 bits per heavy atom. The summed E-state index contributed by atoms with van der Waals surface area (Å²) < 4.78 is 0. The number of rotatable bonds is 4. The first-order valence-corrected chi connectivity index (χ1v) is 9.00. The van der Waals surface area contributed by atoms with Crippen LogP contribution in [-0.2, 0) is 4.79 Å². The van der Waals surface area contributed by atoms with Crippen LogP contribution in [0.25, 0.3) is 0 Å². The van der Waals surface area contributed by atoms with Crippen LogP contribution in [0.3, 0.4) is 0 Å². The molecule has 24 heavy (non-hydrogen) atoms. The minimum atomic E-state index is 0.0817. The van der Waals surface area contributed by atoms with Crippen molar-refractivity contribution in [2.75, 3.05) is 0 Å². The second-order valence-electron chi connectivity index (χ2n) is 8.78. The van der Waals surface area contributed by atoms with E-state index in [1.54, 1.807) is 0 Å². The summed E-state index contributed by atoms with van der Waals surface area (Å²) in [7, 11) is 0. The fraction of sp³-hybridized carbons (Fsp3) is 0.435. The highest BCUT2D eigenvalue weighted by Crippen LogP contribution is 2.72. The molecule has 0 spiro atoms. The van der Waals surface area contributed by atoms with Crippen molar-refractivity contribution < 1.29 is 4.79 Å². The molecular formula is C23H26O. The van der Waals surface area contributed by atoms with Crippen molar-refractivity contribution in [2.45, 2.75) is 39.5 Å². The van der Waals surface area contributed by atoms with Gasteiger partial charge in [0.2, 0.25) is 0 Å². The third kappa shape index (κ3) is 2.17. The summed E-state index contributed by atoms with van der Waals surface area (Å²) in [6.45, 7) is 9.00. The molecule has 1 unspecified atom stereocenters. The number of hydrogen-bond donors (Lipinski definition) is 0. The highest BCUT2D eigenvalue weighted by Gasteiger charge is 2.70. The average Bonchev–Trinajstić information content (AvgIpc) is 3.36. The molecule has 0 aliphatic heterocycles. The monoisotopic (exact) mass is 318 g/mol. The van der Waals surface area contributed by atoms with Crippen LogP contribution in [0.5, 0.6) is 0 Å². The summed E-state index contributed by atoms with van der Waals surface area (Å²) in [6.07, 6.45) is 0. The number of ketones is 1. The molecule has 0 radical (unpaired) electrons. The normalized spacial score (nSPS) is 32.2. The number of benzene rings is 2. The molecule has 1 nitrogen and oxygen atoms in total. The van der Waals surface area contributed by atoms with E-state index in [1.807, 2.05) is 12.1 Å². The highest BCUT2D eigenvalue weighted by molar-refractivity contribution is 5.93. The van der Waals surface area contributed by atoms with Gasteiger partial charge in [-0.1, -0.05) is 88.4 Å². The Morgan fingerprint density at radius 1 is 0.667 bits per heavy atom. The van der Waals surface area contributed by atoms with Gasteiger partial charge in [-0.3, -0.25) is 4.79 Å². The van der Waals surface area contributed by atoms with Gasteiger partial charge in [-0.25, -0.2) is 0 Å². The van der Waals surface area contributed by atoms with Crippen molar-refractivity contribution in [3.05, 3.63) is 71.8 Å². The zero-order valence-electron chi connectivity index (χ0n) is 15.0. The summed E-state index contributed by atoms with van der Waals surface area (Å²) in [6, 6.07) is 21.1. The first kappa shape index (κ1) is 15.6. The maximum atomic E-state index is 13.4. The van der Waals surface area contributed by atoms with Crippen LogP contribution in [0, 0.1) is 22.7 Å². The lowest BCUT2D eigenvalue weighted by Crippen LogP contribution is -2.12. The van der Waals surface area contributed by atoms with Crippen molar-refractivity contribution >= 4 is 5.78 Å². The molecule has 0 N–H and O–H groups in total. The van der Waals surface area contributed by atoms with E-state index in [0.717, 1.165) is 0 Å². The van der Waals surface area contributed by atoms with E-state index < -0.39 is 0 Å². The van der Waals surface area contributed by atoms with Crippen LogP contribution in [-0.4, -0.2) is 5.78 Å². The second-order valence-corrected chi connectivity index (χ2v) is 8.78. The van der Waals surface area contributed by atoms with Crippen LogP contribution in [0.1, 0.15) is 50.7 Å². The van der Waals surface area contributed by atoms with Gasteiger partial charge in [0.25, 0.3) is 0 Å². The maximum Gasteiger partial charge on any atom is 0.141 e. The van der Waals surface area contributed by atoms with Gasteiger partial charge in [-0.2, -0.15) is 0 Å². The van der Waals surface area contributed by atoms with E-state index in [9.17, 15) is 4.79 Å².